The zero-order valence-corrected chi connectivity index (χ0v) is 16.9. The van der Waals surface area contributed by atoms with Crippen LogP contribution in [0.3, 0.4) is 0 Å². The largest absolute Gasteiger partial charge is 0.338 e. The summed E-state index contributed by atoms with van der Waals surface area (Å²) in [7, 11) is 2.07. The molecule has 0 radical (unpaired) electrons. The van der Waals surface area contributed by atoms with Crippen LogP contribution in [0.15, 0.2) is 18.6 Å². The van der Waals surface area contributed by atoms with Crippen molar-refractivity contribution in [3.63, 3.8) is 0 Å². The second kappa shape index (κ2) is 7.79. The molecule has 150 valence electrons. The van der Waals surface area contributed by atoms with E-state index in [0.29, 0.717) is 0 Å². The molecule has 2 fully saturated rings. The maximum Gasteiger partial charge on any atom is 0.225 e. The Bertz CT molecular complexity index is 805. The van der Waals surface area contributed by atoms with E-state index in [9.17, 15) is 0 Å². The number of piperazine rings is 1. The summed E-state index contributed by atoms with van der Waals surface area (Å²) in [6, 6.07) is 0.847. The standard InChI is InChI=1S/C21H31N7/c1-25-10-7-22-20(25)16-26-8-5-17-15-23-21(24-19(17)6-9-26)28-13-11-27(12-14-28)18-3-2-4-18/h7,10,15,18H,2-6,8-9,11-14,16H2,1H3. The van der Waals surface area contributed by atoms with Crippen LogP contribution in [-0.4, -0.2) is 74.6 Å². The quantitative estimate of drug-likeness (QED) is 0.800. The summed E-state index contributed by atoms with van der Waals surface area (Å²) in [6.45, 7) is 7.40. The molecule has 2 aliphatic heterocycles. The zero-order valence-electron chi connectivity index (χ0n) is 16.9. The Morgan fingerprint density at radius 2 is 1.82 bits per heavy atom. The van der Waals surface area contributed by atoms with Crippen LogP contribution in [0.25, 0.3) is 0 Å². The topological polar surface area (TPSA) is 53.3 Å². The molecular weight excluding hydrogens is 350 g/mol. The Hall–Kier alpha value is -1.99. The van der Waals surface area contributed by atoms with Crippen molar-refractivity contribution in [1.29, 1.82) is 0 Å². The van der Waals surface area contributed by atoms with Crippen LogP contribution in [0.1, 0.15) is 36.3 Å². The van der Waals surface area contributed by atoms with Gasteiger partial charge in [0.15, 0.2) is 0 Å². The first-order chi connectivity index (χ1) is 13.8. The summed E-state index contributed by atoms with van der Waals surface area (Å²) >= 11 is 0. The molecule has 0 atom stereocenters. The molecule has 0 unspecified atom stereocenters. The molecule has 5 rings (SSSR count). The van der Waals surface area contributed by atoms with Gasteiger partial charge in [0, 0.05) is 77.4 Å². The van der Waals surface area contributed by atoms with Crippen LogP contribution in [0.2, 0.25) is 0 Å². The molecule has 2 aromatic rings. The predicted molar refractivity (Wildman–Crippen MR) is 109 cm³/mol. The Labute approximate surface area is 167 Å². The first-order valence-corrected chi connectivity index (χ1v) is 10.8. The van der Waals surface area contributed by atoms with Crippen molar-refractivity contribution >= 4 is 5.95 Å². The van der Waals surface area contributed by atoms with Gasteiger partial charge in [-0.1, -0.05) is 6.42 Å². The lowest BCUT2D eigenvalue weighted by atomic mass is 9.91. The lowest BCUT2D eigenvalue weighted by Gasteiger charge is -2.43. The van der Waals surface area contributed by atoms with Gasteiger partial charge in [0.2, 0.25) is 5.95 Å². The van der Waals surface area contributed by atoms with Gasteiger partial charge < -0.3 is 9.47 Å². The second-order valence-corrected chi connectivity index (χ2v) is 8.48. The smallest absolute Gasteiger partial charge is 0.225 e. The first kappa shape index (κ1) is 18.1. The van der Waals surface area contributed by atoms with E-state index in [-0.39, 0.29) is 0 Å². The number of aromatic nitrogens is 4. The van der Waals surface area contributed by atoms with Gasteiger partial charge in [-0.3, -0.25) is 9.80 Å². The Balaban J connectivity index is 1.21. The van der Waals surface area contributed by atoms with E-state index >= 15 is 0 Å². The molecule has 1 saturated heterocycles. The van der Waals surface area contributed by atoms with Crippen LogP contribution in [0.4, 0.5) is 5.95 Å². The summed E-state index contributed by atoms with van der Waals surface area (Å²) in [5.74, 6) is 2.06. The zero-order chi connectivity index (χ0) is 18.9. The molecule has 4 heterocycles. The van der Waals surface area contributed by atoms with Gasteiger partial charge in [-0.15, -0.1) is 0 Å². The fraction of sp³-hybridized carbons (Fsp3) is 0.667. The summed E-state index contributed by atoms with van der Waals surface area (Å²) in [5.41, 5.74) is 2.56. The normalized spacial score (nSPS) is 22.0. The van der Waals surface area contributed by atoms with Gasteiger partial charge >= 0.3 is 0 Å². The minimum Gasteiger partial charge on any atom is -0.338 e. The molecule has 0 bridgehead atoms. The molecule has 0 aromatic carbocycles. The van der Waals surface area contributed by atoms with Gasteiger partial charge in [0.05, 0.1) is 12.2 Å². The lowest BCUT2D eigenvalue weighted by Crippen LogP contribution is -2.52. The number of rotatable bonds is 4. The van der Waals surface area contributed by atoms with Gasteiger partial charge in [0.25, 0.3) is 0 Å². The van der Waals surface area contributed by atoms with Crippen LogP contribution < -0.4 is 4.90 Å². The SMILES string of the molecule is Cn1ccnc1CN1CCc2cnc(N3CCN(C4CCC4)CC3)nc2CC1. The molecule has 2 aromatic heterocycles. The molecule has 3 aliphatic rings. The summed E-state index contributed by atoms with van der Waals surface area (Å²) < 4.78 is 2.11. The number of hydrogen-bond donors (Lipinski definition) is 0. The third kappa shape index (κ3) is 3.65. The van der Waals surface area contributed by atoms with Crippen molar-refractivity contribution in [1.82, 2.24) is 29.3 Å². The molecule has 0 spiro atoms. The lowest BCUT2D eigenvalue weighted by molar-refractivity contribution is 0.120. The highest BCUT2D eigenvalue weighted by molar-refractivity contribution is 5.35. The number of aryl methyl sites for hydroxylation is 1. The highest BCUT2D eigenvalue weighted by atomic mass is 15.3. The van der Waals surface area contributed by atoms with Crippen molar-refractivity contribution < 1.29 is 0 Å². The van der Waals surface area contributed by atoms with E-state index in [1.807, 2.05) is 12.4 Å². The molecule has 1 aliphatic carbocycles. The average Bonchev–Trinajstić information content (AvgIpc) is 2.96. The number of anilines is 1. The van der Waals surface area contributed by atoms with Crippen LogP contribution in [-0.2, 0) is 26.4 Å². The fourth-order valence-corrected chi connectivity index (χ4v) is 4.61. The molecule has 1 saturated carbocycles. The van der Waals surface area contributed by atoms with E-state index in [0.717, 1.165) is 76.5 Å². The van der Waals surface area contributed by atoms with Gasteiger partial charge in [0.1, 0.15) is 5.82 Å². The highest BCUT2D eigenvalue weighted by Crippen LogP contribution is 2.26. The monoisotopic (exact) mass is 381 g/mol. The number of imidazole rings is 1. The Morgan fingerprint density at radius 3 is 2.54 bits per heavy atom. The minimum atomic E-state index is 0.847. The van der Waals surface area contributed by atoms with Crippen molar-refractivity contribution in [2.45, 2.75) is 44.7 Å². The average molecular weight is 382 g/mol. The van der Waals surface area contributed by atoms with Crippen molar-refractivity contribution in [2.24, 2.45) is 7.05 Å². The van der Waals surface area contributed by atoms with Crippen LogP contribution in [0.5, 0.6) is 0 Å². The second-order valence-electron chi connectivity index (χ2n) is 8.48. The van der Waals surface area contributed by atoms with Crippen molar-refractivity contribution in [3.8, 4) is 0 Å². The van der Waals surface area contributed by atoms with Gasteiger partial charge in [-0.25, -0.2) is 15.0 Å². The minimum absolute atomic E-state index is 0.847. The maximum atomic E-state index is 5.00. The third-order valence-electron chi connectivity index (χ3n) is 6.78. The Morgan fingerprint density at radius 1 is 1.00 bits per heavy atom. The molecule has 0 N–H and O–H groups in total. The maximum absolute atomic E-state index is 5.00. The molecular formula is C21H31N7. The van der Waals surface area contributed by atoms with E-state index in [1.165, 1.54) is 30.5 Å². The van der Waals surface area contributed by atoms with Crippen molar-refractivity contribution in [2.75, 3.05) is 44.2 Å². The third-order valence-corrected chi connectivity index (χ3v) is 6.78. The number of fused-ring (bicyclic) bond motifs is 1. The van der Waals surface area contributed by atoms with Gasteiger partial charge in [-0.2, -0.15) is 0 Å². The fourth-order valence-electron chi connectivity index (χ4n) is 4.61. The van der Waals surface area contributed by atoms with E-state index < -0.39 is 0 Å². The van der Waals surface area contributed by atoms with E-state index in [1.54, 1.807) is 0 Å². The van der Waals surface area contributed by atoms with Gasteiger partial charge in [-0.05, 0) is 24.8 Å². The van der Waals surface area contributed by atoms with Crippen LogP contribution >= 0.6 is 0 Å². The first-order valence-electron chi connectivity index (χ1n) is 10.8. The molecule has 28 heavy (non-hydrogen) atoms. The molecule has 7 heteroatoms. The van der Waals surface area contributed by atoms with Crippen molar-refractivity contribution in [3.05, 3.63) is 35.7 Å². The van der Waals surface area contributed by atoms with Crippen LogP contribution in [0, 0.1) is 0 Å². The summed E-state index contributed by atoms with van der Waals surface area (Å²) in [6.07, 6.45) is 12.2. The number of nitrogens with zero attached hydrogens (tertiary/aromatic N) is 7. The summed E-state index contributed by atoms with van der Waals surface area (Å²) in [4.78, 5) is 21.7. The molecule has 0 amide bonds. The Kier molecular flexibility index (Phi) is 5.03. The predicted octanol–water partition coefficient (Wildman–Crippen LogP) is 1.49. The molecule has 7 nitrogen and oxygen atoms in total. The van der Waals surface area contributed by atoms with E-state index in [4.69, 9.17) is 9.97 Å². The highest BCUT2D eigenvalue weighted by Gasteiger charge is 2.29. The van der Waals surface area contributed by atoms with E-state index in [2.05, 4.69) is 37.5 Å². The summed E-state index contributed by atoms with van der Waals surface area (Å²) in [5, 5.41) is 0. The number of hydrogen-bond acceptors (Lipinski definition) is 6.